The van der Waals surface area contributed by atoms with E-state index in [-0.39, 0.29) is 17.9 Å². The van der Waals surface area contributed by atoms with Gasteiger partial charge in [-0.3, -0.25) is 0 Å². The molecule has 1 aliphatic rings. The van der Waals surface area contributed by atoms with Crippen LogP contribution in [-0.4, -0.2) is 48.0 Å². The number of benzene rings is 1. The van der Waals surface area contributed by atoms with Gasteiger partial charge in [-0.2, -0.15) is 4.98 Å². The van der Waals surface area contributed by atoms with E-state index in [0.29, 0.717) is 41.3 Å². The third kappa shape index (κ3) is 3.51. The lowest BCUT2D eigenvalue weighted by Gasteiger charge is -2.43. The largest absolute Gasteiger partial charge is 0.479 e. The van der Waals surface area contributed by atoms with E-state index in [4.69, 9.17) is 4.74 Å². The van der Waals surface area contributed by atoms with Crippen molar-refractivity contribution in [2.45, 2.75) is 64.6 Å². The molecule has 1 aromatic carbocycles. The number of fused-ring (bicyclic) bond motifs is 2. The molecule has 1 saturated carbocycles. The molecule has 1 fully saturated rings. The van der Waals surface area contributed by atoms with Gasteiger partial charge < -0.3 is 19.7 Å². The van der Waals surface area contributed by atoms with Gasteiger partial charge in [0.2, 0.25) is 11.8 Å². The maximum atomic E-state index is 15.0. The van der Waals surface area contributed by atoms with Crippen LogP contribution in [0.4, 0.5) is 10.3 Å². The van der Waals surface area contributed by atoms with Crippen molar-refractivity contribution in [1.29, 1.82) is 0 Å². The molecule has 9 heteroatoms. The molecule has 4 aromatic rings. The minimum Gasteiger partial charge on any atom is -0.479 e. The summed E-state index contributed by atoms with van der Waals surface area (Å²) in [6.07, 6.45) is 3.86. The monoisotopic (exact) mass is 452 g/mol. The van der Waals surface area contributed by atoms with Crippen LogP contribution in [0.15, 0.2) is 24.4 Å². The zero-order valence-electron chi connectivity index (χ0n) is 19.6. The summed E-state index contributed by atoms with van der Waals surface area (Å²) < 4.78 is 24.4. The summed E-state index contributed by atoms with van der Waals surface area (Å²) >= 11 is 0. The van der Waals surface area contributed by atoms with Crippen LogP contribution in [-0.2, 0) is 0 Å². The number of methoxy groups -OCH3 is 1. The normalized spacial score (nSPS) is 20.5. The molecule has 1 aliphatic carbocycles. The Kier molecular flexibility index (Phi) is 5.04. The SMILES string of the molecule is CC[C@]1(O)C[C@@H](Nc2nc(OC)c3c(-c4cc(F)c5nc(C)n(C(C)C)c5c4)ccn3n2)C1. The molecule has 0 saturated heterocycles. The first-order chi connectivity index (χ1) is 15.7. The van der Waals surface area contributed by atoms with E-state index < -0.39 is 5.60 Å². The Morgan fingerprint density at radius 1 is 1.30 bits per heavy atom. The molecule has 0 bridgehead atoms. The van der Waals surface area contributed by atoms with Gasteiger partial charge in [0.25, 0.3) is 0 Å². The number of hydrogen-bond acceptors (Lipinski definition) is 6. The minimum atomic E-state index is -0.601. The molecule has 3 aromatic heterocycles. The van der Waals surface area contributed by atoms with E-state index in [9.17, 15) is 5.11 Å². The summed E-state index contributed by atoms with van der Waals surface area (Å²) in [5.74, 6) is 1.24. The smallest absolute Gasteiger partial charge is 0.244 e. The molecule has 8 nitrogen and oxygen atoms in total. The van der Waals surface area contributed by atoms with Crippen molar-refractivity contribution in [3.05, 3.63) is 36.0 Å². The van der Waals surface area contributed by atoms with Crippen LogP contribution in [0.5, 0.6) is 5.88 Å². The van der Waals surface area contributed by atoms with Crippen molar-refractivity contribution in [2.75, 3.05) is 12.4 Å². The lowest BCUT2D eigenvalue weighted by Crippen LogP contribution is -2.50. The van der Waals surface area contributed by atoms with Crippen LogP contribution >= 0.6 is 0 Å². The highest BCUT2D eigenvalue weighted by molar-refractivity contribution is 5.90. The number of nitrogens with zero attached hydrogens (tertiary/aromatic N) is 5. The first kappa shape index (κ1) is 21.6. The number of aromatic nitrogens is 5. The van der Waals surface area contributed by atoms with Crippen LogP contribution in [0.3, 0.4) is 0 Å². The van der Waals surface area contributed by atoms with E-state index in [1.54, 1.807) is 11.6 Å². The Morgan fingerprint density at radius 2 is 2.06 bits per heavy atom. The van der Waals surface area contributed by atoms with Gasteiger partial charge in [0, 0.05) is 23.8 Å². The van der Waals surface area contributed by atoms with E-state index in [1.807, 2.05) is 36.7 Å². The summed E-state index contributed by atoms with van der Waals surface area (Å²) in [5, 5.41) is 18.1. The number of ether oxygens (including phenoxy) is 1. The third-order valence-corrected chi connectivity index (χ3v) is 6.67. The molecule has 3 heterocycles. The predicted molar refractivity (Wildman–Crippen MR) is 125 cm³/mol. The summed E-state index contributed by atoms with van der Waals surface area (Å²) in [7, 11) is 1.56. The molecule has 33 heavy (non-hydrogen) atoms. The molecule has 5 rings (SSSR count). The molecule has 0 amide bonds. The van der Waals surface area contributed by atoms with E-state index >= 15 is 4.39 Å². The number of aryl methyl sites for hydroxylation is 1. The van der Waals surface area contributed by atoms with Gasteiger partial charge in [-0.1, -0.05) is 6.92 Å². The molecular weight excluding hydrogens is 423 g/mol. The standard InChI is InChI=1S/C24H29FN6O2/c1-6-24(32)11-16(12-24)27-23-28-22(33-5)21-17(7-8-30(21)29-23)15-9-18(25)20-19(10-15)31(13(2)3)14(4)26-20/h7-10,13,16,32H,6,11-12H2,1-5H3,(H,27,29)/t16-,24+. The van der Waals surface area contributed by atoms with Crippen LogP contribution in [0.2, 0.25) is 0 Å². The summed E-state index contributed by atoms with van der Waals surface area (Å²) in [5.41, 5.74) is 2.67. The fraction of sp³-hybridized carbons (Fsp3) is 0.458. The van der Waals surface area contributed by atoms with Crippen molar-refractivity contribution >= 4 is 22.5 Å². The van der Waals surface area contributed by atoms with E-state index in [1.165, 1.54) is 6.07 Å². The summed E-state index contributed by atoms with van der Waals surface area (Å²) in [4.78, 5) is 8.98. The van der Waals surface area contributed by atoms with Gasteiger partial charge in [0.05, 0.1) is 18.2 Å². The zero-order chi connectivity index (χ0) is 23.5. The van der Waals surface area contributed by atoms with Gasteiger partial charge in [-0.05, 0) is 63.8 Å². The van der Waals surface area contributed by atoms with Crippen molar-refractivity contribution in [2.24, 2.45) is 0 Å². The molecule has 0 unspecified atom stereocenters. The first-order valence-electron chi connectivity index (χ1n) is 11.3. The fourth-order valence-corrected chi connectivity index (χ4v) is 4.94. The molecule has 0 aliphatic heterocycles. The molecular formula is C24H29FN6O2. The number of halogens is 1. The summed E-state index contributed by atoms with van der Waals surface area (Å²) in [6, 6.07) is 5.61. The van der Waals surface area contributed by atoms with Crippen molar-refractivity contribution in [1.82, 2.24) is 24.1 Å². The fourth-order valence-electron chi connectivity index (χ4n) is 4.94. The highest BCUT2D eigenvalue weighted by atomic mass is 19.1. The maximum absolute atomic E-state index is 15.0. The quantitative estimate of drug-likeness (QED) is 0.448. The van der Waals surface area contributed by atoms with E-state index in [2.05, 4.69) is 34.2 Å². The van der Waals surface area contributed by atoms with Crippen LogP contribution < -0.4 is 10.1 Å². The van der Waals surface area contributed by atoms with Crippen molar-refractivity contribution < 1.29 is 14.2 Å². The second kappa shape index (κ2) is 7.69. The molecule has 174 valence electrons. The van der Waals surface area contributed by atoms with Gasteiger partial charge in [-0.15, -0.1) is 5.10 Å². The van der Waals surface area contributed by atoms with E-state index in [0.717, 1.165) is 23.3 Å². The topological polar surface area (TPSA) is 89.5 Å². The van der Waals surface area contributed by atoms with Crippen LogP contribution in [0.1, 0.15) is 51.9 Å². The van der Waals surface area contributed by atoms with Crippen LogP contribution in [0, 0.1) is 12.7 Å². The number of imidazole rings is 1. The van der Waals surface area contributed by atoms with Crippen molar-refractivity contribution in [3.63, 3.8) is 0 Å². The Bertz CT molecular complexity index is 1350. The Labute approximate surface area is 191 Å². The minimum absolute atomic E-state index is 0.114. The second-order valence-electron chi connectivity index (χ2n) is 9.24. The first-order valence-corrected chi connectivity index (χ1v) is 11.3. The zero-order valence-corrected chi connectivity index (χ0v) is 19.6. The second-order valence-corrected chi connectivity index (χ2v) is 9.24. The Morgan fingerprint density at radius 3 is 2.73 bits per heavy atom. The average Bonchev–Trinajstić information content (AvgIpc) is 3.32. The average molecular weight is 453 g/mol. The number of hydrogen-bond donors (Lipinski definition) is 2. The molecule has 0 spiro atoms. The van der Waals surface area contributed by atoms with Crippen molar-refractivity contribution in [3.8, 4) is 17.0 Å². The molecule has 0 radical (unpaired) electrons. The number of aliphatic hydroxyl groups is 1. The third-order valence-electron chi connectivity index (χ3n) is 6.67. The highest BCUT2D eigenvalue weighted by Gasteiger charge is 2.41. The van der Waals surface area contributed by atoms with Gasteiger partial charge in [-0.25, -0.2) is 13.9 Å². The Balaban J connectivity index is 1.57. The lowest BCUT2D eigenvalue weighted by molar-refractivity contribution is -0.0442. The highest BCUT2D eigenvalue weighted by Crippen LogP contribution is 2.38. The van der Waals surface area contributed by atoms with Gasteiger partial charge in [0.15, 0.2) is 5.82 Å². The number of nitrogens with one attached hydrogen (secondary N) is 1. The Hall–Kier alpha value is -3.20. The number of rotatable bonds is 6. The van der Waals surface area contributed by atoms with Gasteiger partial charge >= 0.3 is 0 Å². The van der Waals surface area contributed by atoms with Gasteiger partial charge in [0.1, 0.15) is 16.9 Å². The predicted octanol–water partition coefficient (Wildman–Crippen LogP) is 4.50. The molecule has 0 atom stereocenters. The maximum Gasteiger partial charge on any atom is 0.244 e. The molecule has 2 N–H and O–H groups in total. The van der Waals surface area contributed by atoms with Crippen LogP contribution in [0.25, 0.3) is 27.7 Å². The number of anilines is 1. The summed E-state index contributed by atoms with van der Waals surface area (Å²) in [6.45, 7) is 7.99. The lowest BCUT2D eigenvalue weighted by atomic mass is 9.74.